The van der Waals surface area contributed by atoms with Gasteiger partial charge in [-0.3, -0.25) is 0 Å². The third-order valence-corrected chi connectivity index (χ3v) is 2.99. The second-order valence-electron chi connectivity index (χ2n) is 3.59. The number of aryl methyl sites for hydroxylation is 2. The molecule has 0 aliphatic carbocycles. The highest BCUT2D eigenvalue weighted by Gasteiger charge is 2.10. The highest BCUT2D eigenvalue weighted by atomic mass is 79.9. The number of halogens is 1. The minimum absolute atomic E-state index is 0.955. The number of rotatable bonds is 2. The summed E-state index contributed by atoms with van der Waals surface area (Å²) < 4.78 is 6.60. The molecule has 0 saturated carbocycles. The van der Waals surface area contributed by atoms with Crippen LogP contribution in [0.5, 0.6) is 0 Å². The van der Waals surface area contributed by atoms with Gasteiger partial charge in [0.05, 0.1) is 6.26 Å². The molecule has 0 fully saturated rings. The lowest BCUT2D eigenvalue weighted by molar-refractivity contribution is 0.581. The van der Waals surface area contributed by atoms with E-state index in [9.17, 15) is 0 Å². The Hall–Kier alpha value is -1.02. The van der Waals surface area contributed by atoms with Crippen molar-refractivity contribution < 1.29 is 4.42 Å². The van der Waals surface area contributed by atoms with Gasteiger partial charge in [0.2, 0.25) is 0 Å². The Kier molecular flexibility index (Phi) is 2.96. The average molecular weight is 265 g/mol. The molecule has 0 saturated heterocycles. The molecular formula is C13H13BrO. The van der Waals surface area contributed by atoms with E-state index in [1.165, 1.54) is 16.7 Å². The van der Waals surface area contributed by atoms with Crippen LogP contribution in [-0.2, 0) is 6.42 Å². The normalized spacial score (nSPS) is 10.6. The number of benzene rings is 1. The molecular weight excluding hydrogens is 252 g/mol. The summed E-state index contributed by atoms with van der Waals surface area (Å²) in [6.45, 7) is 4.27. The number of hydrogen-bond donors (Lipinski definition) is 0. The van der Waals surface area contributed by atoms with Crippen molar-refractivity contribution in [2.75, 3.05) is 0 Å². The molecule has 78 valence electrons. The second kappa shape index (κ2) is 4.23. The molecule has 1 aromatic carbocycles. The third-order valence-electron chi connectivity index (χ3n) is 2.53. The predicted octanol–water partition coefficient (Wildman–Crippen LogP) is 4.58. The largest absolute Gasteiger partial charge is 0.464 e. The molecule has 0 N–H and O–H groups in total. The zero-order valence-electron chi connectivity index (χ0n) is 8.88. The van der Waals surface area contributed by atoms with E-state index in [0.717, 1.165) is 16.7 Å². The quantitative estimate of drug-likeness (QED) is 0.774. The summed E-state index contributed by atoms with van der Waals surface area (Å²) in [6, 6.07) is 8.22. The van der Waals surface area contributed by atoms with Crippen LogP contribution in [-0.4, -0.2) is 0 Å². The van der Waals surface area contributed by atoms with Gasteiger partial charge in [0.25, 0.3) is 0 Å². The van der Waals surface area contributed by atoms with E-state index in [2.05, 4.69) is 41.9 Å². The van der Waals surface area contributed by atoms with Gasteiger partial charge in [-0.2, -0.15) is 0 Å². The molecule has 0 bridgehead atoms. The summed E-state index contributed by atoms with van der Waals surface area (Å²) in [5.74, 6) is 0.955. The van der Waals surface area contributed by atoms with Crippen LogP contribution in [0.15, 0.2) is 39.4 Å². The van der Waals surface area contributed by atoms with Gasteiger partial charge < -0.3 is 4.42 Å². The smallest absolute Gasteiger partial charge is 0.134 e. The maximum absolute atomic E-state index is 5.47. The summed E-state index contributed by atoms with van der Waals surface area (Å²) in [5.41, 5.74) is 3.79. The predicted molar refractivity (Wildman–Crippen MR) is 66.0 cm³/mol. The minimum Gasteiger partial charge on any atom is -0.464 e. The van der Waals surface area contributed by atoms with E-state index >= 15 is 0 Å². The molecule has 0 amide bonds. The maximum Gasteiger partial charge on any atom is 0.134 e. The molecule has 1 heterocycles. The van der Waals surface area contributed by atoms with Gasteiger partial charge in [0.15, 0.2) is 0 Å². The Morgan fingerprint density at radius 2 is 2.13 bits per heavy atom. The molecule has 15 heavy (non-hydrogen) atoms. The van der Waals surface area contributed by atoms with Crippen LogP contribution in [0.1, 0.15) is 18.1 Å². The standard InChI is InChI=1S/C13H13BrO/c1-3-10-8-11(14)7-9(2)13(10)12-5-4-6-15-12/h4-8H,3H2,1-2H3. The highest BCUT2D eigenvalue weighted by molar-refractivity contribution is 9.10. The fourth-order valence-corrected chi connectivity index (χ4v) is 2.48. The van der Waals surface area contributed by atoms with Gasteiger partial charge in [-0.1, -0.05) is 22.9 Å². The number of hydrogen-bond acceptors (Lipinski definition) is 1. The molecule has 0 aliphatic heterocycles. The summed E-state index contributed by atoms with van der Waals surface area (Å²) in [4.78, 5) is 0. The molecule has 0 radical (unpaired) electrons. The van der Waals surface area contributed by atoms with E-state index in [1.54, 1.807) is 6.26 Å². The first-order valence-electron chi connectivity index (χ1n) is 5.05. The van der Waals surface area contributed by atoms with Gasteiger partial charge in [0, 0.05) is 10.0 Å². The van der Waals surface area contributed by atoms with Gasteiger partial charge in [0.1, 0.15) is 5.76 Å². The van der Waals surface area contributed by atoms with Crippen molar-refractivity contribution in [3.63, 3.8) is 0 Å². The van der Waals surface area contributed by atoms with Gasteiger partial charge in [-0.05, 0) is 48.7 Å². The fraction of sp³-hybridized carbons (Fsp3) is 0.231. The minimum atomic E-state index is 0.955. The van der Waals surface area contributed by atoms with Crippen LogP contribution in [0.25, 0.3) is 11.3 Å². The van der Waals surface area contributed by atoms with Crippen molar-refractivity contribution in [1.82, 2.24) is 0 Å². The Labute approximate surface area is 98.2 Å². The summed E-state index contributed by atoms with van der Waals surface area (Å²) in [7, 11) is 0. The number of furan rings is 1. The van der Waals surface area contributed by atoms with Gasteiger partial charge >= 0.3 is 0 Å². The Balaban J connectivity index is 2.64. The summed E-state index contributed by atoms with van der Waals surface area (Å²) in [6.07, 6.45) is 2.73. The lowest BCUT2D eigenvalue weighted by Gasteiger charge is -2.09. The van der Waals surface area contributed by atoms with E-state index in [4.69, 9.17) is 4.42 Å². The molecule has 2 heteroatoms. The van der Waals surface area contributed by atoms with Crippen LogP contribution in [0.2, 0.25) is 0 Å². The summed E-state index contributed by atoms with van der Waals surface area (Å²) in [5, 5.41) is 0. The molecule has 1 nitrogen and oxygen atoms in total. The maximum atomic E-state index is 5.47. The van der Waals surface area contributed by atoms with Crippen molar-refractivity contribution in [3.05, 3.63) is 46.1 Å². The van der Waals surface area contributed by atoms with Crippen LogP contribution in [0.3, 0.4) is 0 Å². The molecule has 0 atom stereocenters. The lowest BCUT2D eigenvalue weighted by atomic mass is 9.98. The fourth-order valence-electron chi connectivity index (χ4n) is 1.86. The van der Waals surface area contributed by atoms with E-state index in [1.807, 2.05) is 12.1 Å². The van der Waals surface area contributed by atoms with Crippen molar-refractivity contribution in [3.8, 4) is 11.3 Å². The molecule has 2 aromatic rings. The first-order chi connectivity index (χ1) is 7.22. The lowest BCUT2D eigenvalue weighted by Crippen LogP contribution is -1.90. The van der Waals surface area contributed by atoms with E-state index in [-0.39, 0.29) is 0 Å². The molecule has 1 aromatic heterocycles. The van der Waals surface area contributed by atoms with Crippen molar-refractivity contribution >= 4 is 15.9 Å². The molecule has 0 aliphatic rings. The zero-order valence-corrected chi connectivity index (χ0v) is 10.5. The SMILES string of the molecule is CCc1cc(Br)cc(C)c1-c1ccco1. The molecule has 2 rings (SSSR count). The van der Waals surface area contributed by atoms with E-state index in [0.29, 0.717) is 0 Å². The highest BCUT2D eigenvalue weighted by Crippen LogP contribution is 2.31. The van der Waals surface area contributed by atoms with Gasteiger partial charge in [-0.25, -0.2) is 0 Å². The van der Waals surface area contributed by atoms with Crippen LogP contribution < -0.4 is 0 Å². The van der Waals surface area contributed by atoms with Crippen molar-refractivity contribution in [2.45, 2.75) is 20.3 Å². The second-order valence-corrected chi connectivity index (χ2v) is 4.50. The Morgan fingerprint density at radius 3 is 2.73 bits per heavy atom. The van der Waals surface area contributed by atoms with Crippen LogP contribution >= 0.6 is 15.9 Å². The molecule has 0 unspecified atom stereocenters. The molecule has 0 spiro atoms. The topological polar surface area (TPSA) is 13.1 Å². The van der Waals surface area contributed by atoms with Crippen LogP contribution in [0.4, 0.5) is 0 Å². The Morgan fingerprint density at radius 1 is 1.33 bits per heavy atom. The average Bonchev–Trinajstić information content (AvgIpc) is 2.69. The van der Waals surface area contributed by atoms with E-state index < -0.39 is 0 Å². The first kappa shape index (κ1) is 10.5. The van der Waals surface area contributed by atoms with Crippen molar-refractivity contribution in [1.29, 1.82) is 0 Å². The summed E-state index contributed by atoms with van der Waals surface area (Å²) >= 11 is 3.52. The zero-order chi connectivity index (χ0) is 10.8. The monoisotopic (exact) mass is 264 g/mol. The Bertz CT molecular complexity index is 458. The van der Waals surface area contributed by atoms with Crippen LogP contribution in [0, 0.1) is 6.92 Å². The van der Waals surface area contributed by atoms with Crippen molar-refractivity contribution in [2.24, 2.45) is 0 Å². The van der Waals surface area contributed by atoms with Gasteiger partial charge in [-0.15, -0.1) is 0 Å². The third kappa shape index (κ3) is 2.00. The first-order valence-corrected chi connectivity index (χ1v) is 5.84.